The first-order valence-corrected chi connectivity index (χ1v) is 6.74. The molecule has 0 saturated carbocycles. The van der Waals surface area contributed by atoms with Gasteiger partial charge in [-0.1, -0.05) is 6.92 Å². The molecule has 0 bridgehead atoms. The molecule has 0 unspecified atom stereocenters. The first-order valence-electron chi connectivity index (χ1n) is 6.74. The van der Waals surface area contributed by atoms with Crippen molar-refractivity contribution >= 4 is 5.78 Å². The van der Waals surface area contributed by atoms with E-state index in [1.807, 2.05) is 23.8 Å². The molecule has 2 heterocycles. The Balaban J connectivity index is 2.21. The van der Waals surface area contributed by atoms with Crippen LogP contribution in [0, 0.1) is 5.82 Å². The van der Waals surface area contributed by atoms with Gasteiger partial charge in [0, 0.05) is 30.3 Å². The van der Waals surface area contributed by atoms with E-state index in [0.29, 0.717) is 12.0 Å². The van der Waals surface area contributed by atoms with E-state index in [1.54, 1.807) is 6.07 Å². The average Bonchev–Trinajstić information content (AvgIpc) is 2.90. The lowest BCUT2D eigenvalue weighted by Crippen LogP contribution is -2.12. The highest BCUT2D eigenvalue weighted by atomic mass is 19.1. The summed E-state index contributed by atoms with van der Waals surface area (Å²) in [7, 11) is 1.46. The first-order chi connectivity index (χ1) is 9.65. The smallest absolute Gasteiger partial charge is 0.165 e. The standard InChI is InChI=1S/C16H16FNO2/c1-3-14(19)11-5-7-18-6-4-10-8-15(20-2)13(17)9-12(10)16(11)18/h5,7-9H,3-4,6H2,1-2H3. The maximum Gasteiger partial charge on any atom is 0.165 e. The zero-order valence-corrected chi connectivity index (χ0v) is 11.6. The highest BCUT2D eigenvalue weighted by molar-refractivity contribution is 6.02. The van der Waals surface area contributed by atoms with E-state index in [9.17, 15) is 9.18 Å². The zero-order chi connectivity index (χ0) is 14.3. The molecule has 0 saturated heterocycles. The van der Waals surface area contributed by atoms with Gasteiger partial charge in [0.05, 0.1) is 12.8 Å². The van der Waals surface area contributed by atoms with Crippen LogP contribution in [0.4, 0.5) is 4.39 Å². The molecule has 20 heavy (non-hydrogen) atoms. The second kappa shape index (κ2) is 4.78. The molecule has 1 aromatic heterocycles. The predicted octanol–water partition coefficient (Wildman–Crippen LogP) is 3.45. The molecule has 2 aromatic rings. The Bertz CT molecular complexity index is 688. The van der Waals surface area contributed by atoms with E-state index in [2.05, 4.69) is 0 Å². The van der Waals surface area contributed by atoms with E-state index in [-0.39, 0.29) is 11.5 Å². The van der Waals surface area contributed by atoms with Crippen LogP contribution >= 0.6 is 0 Å². The highest BCUT2D eigenvalue weighted by Gasteiger charge is 2.24. The van der Waals surface area contributed by atoms with E-state index in [4.69, 9.17) is 4.74 Å². The second-order valence-electron chi connectivity index (χ2n) is 4.94. The lowest BCUT2D eigenvalue weighted by atomic mass is 9.94. The Morgan fingerprint density at radius 2 is 2.25 bits per heavy atom. The van der Waals surface area contributed by atoms with Crippen molar-refractivity contribution in [3.8, 4) is 17.0 Å². The van der Waals surface area contributed by atoms with Crippen LogP contribution in [0.25, 0.3) is 11.3 Å². The number of nitrogens with zero attached hydrogens (tertiary/aromatic N) is 1. The minimum atomic E-state index is -0.393. The minimum absolute atomic E-state index is 0.0860. The van der Waals surface area contributed by atoms with Crippen LogP contribution in [0.5, 0.6) is 5.75 Å². The fourth-order valence-electron chi connectivity index (χ4n) is 2.79. The Morgan fingerprint density at radius 3 is 2.95 bits per heavy atom. The van der Waals surface area contributed by atoms with Crippen LogP contribution in [-0.4, -0.2) is 17.5 Å². The van der Waals surface area contributed by atoms with Crippen LogP contribution in [0.2, 0.25) is 0 Å². The van der Waals surface area contributed by atoms with Gasteiger partial charge < -0.3 is 9.30 Å². The molecule has 0 aliphatic carbocycles. The minimum Gasteiger partial charge on any atom is -0.494 e. The van der Waals surface area contributed by atoms with Crippen LogP contribution in [0.3, 0.4) is 0 Å². The van der Waals surface area contributed by atoms with Crippen LogP contribution in [0.15, 0.2) is 24.4 Å². The van der Waals surface area contributed by atoms with E-state index < -0.39 is 5.82 Å². The number of Topliss-reactive ketones (excluding diaryl/α,β-unsaturated/α-hetero) is 1. The summed E-state index contributed by atoms with van der Waals surface area (Å²) >= 11 is 0. The molecule has 0 radical (unpaired) electrons. The molecule has 1 aliphatic heterocycles. The molecule has 0 amide bonds. The maximum absolute atomic E-state index is 14.0. The van der Waals surface area contributed by atoms with Crippen molar-refractivity contribution in [1.29, 1.82) is 0 Å². The number of halogens is 1. The van der Waals surface area contributed by atoms with Crippen molar-refractivity contribution in [3.05, 3.63) is 41.3 Å². The van der Waals surface area contributed by atoms with Gasteiger partial charge in [-0.25, -0.2) is 4.39 Å². The summed E-state index contributed by atoms with van der Waals surface area (Å²) in [6.45, 7) is 2.64. The molecule has 1 aliphatic rings. The molecule has 1 aromatic carbocycles. The SMILES string of the molecule is CCC(=O)c1ccn2c1-c1cc(F)c(OC)cc1CC2. The van der Waals surface area contributed by atoms with Crippen molar-refractivity contribution in [2.24, 2.45) is 0 Å². The summed E-state index contributed by atoms with van der Waals surface area (Å²) in [5, 5.41) is 0. The van der Waals surface area contributed by atoms with Gasteiger partial charge in [-0.15, -0.1) is 0 Å². The monoisotopic (exact) mass is 273 g/mol. The van der Waals surface area contributed by atoms with Gasteiger partial charge >= 0.3 is 0 Å². The number of methoxy groups -OCH3 is 1. The highest BCUT2D eigenvalue weighted by Crippen LogP contribution is 2.36. The second-order valence-corrected chi connectivity index (χ2v) is 4.94. The number of rotatable bonds is 3. The molecular formula is C16H16FNO2. The number of hydrogen-bond acceptors (Lipinski definition) is 2. The Kier molecular flexibility index (Phi) is 3.08. The Hall–Kier alpha value is -2.10. The summed E-state index contributed by atoms with van der Waals surface area (Å²) < 4.78 is 21.0. The van der Waals surface area contributed by atoms with Crippen molar-refractivity contribution < 1.29 is 13.9 Å². The number of carbonyl (C=O) groups excluding carboxylic acids is 1. The summed E-state index contributed by atoms with van der Waals surface area (Å²) in [6.07, 6.45) is 3.17. The molecule has 3 nitrogen and oxygen atoms in total. The summed E-state index contributed by atoms with van der Waals surface area (Å²) in [5.74, 6) is -0.0502. The molecule has 0 N–H and O–H groups in total. The molecule has 0 spiro atoms. The average molecular weight is 273 g/mol. The lowest BCUT2D eigenvalue weighted by Gasteiger charge is -2.21. The summed E-state index contributed by atoms with van der Waals surface area (Å²) in [6, 6.07) is 5.05. The topological polar surface area (TPSA) is 31.2 Å². The van der Waals surface area contributed by atoms with Gasteiger partial charge in [-0.3, -0.25) is 4.79 Å². The number of ether oxygens (including phenoxy) is 1. The molecular weight excluding hydrogens is 257 g/mol. The van der Waals surface area contributed by atoms with Crippen molar-refractivity contribution in [2.75, 3.05) is 7.11 Å². The normalized spacial score (nSPS) is 12.8. The van der Waals surface area contributed by atoms with E-state index in [0.717, 1.165) is 29.8 Å². The number of benzene rings is 1. The fraction of sp³-hybridized carbons (Fsp3) is 0.312. The van der Waals surface area contributed by atoms with Crippen molar-refractivity contribution in [2.45, 2.75) is 26.3 Å². The third-order valence-electron chi connectivity index (χ3n) is 3.84. The lowest BCUT2D eigenvalue weighted by molar-refractivity contribution is 0.0988. The van der Waals surface area contributed by atoms with Crippen molar-refractivity contribution in [1.82, 2.24) is 4.57 Å². The number of ketones is 1. The largest absolute Gasteiger partial charge is 0.494 e. The summed E-state index contributed by atoms with van der Waals surface area (Å²) in [4.78, 5) is 12.0. The number of hydrogen-bond donors (Lipinski definition) is 0. The molecule has 3 rings (SSSR count). The zero-order valence-electron chi connectivity index (χ0n) is 11.6. The first kappa shape index (κ1) is 12.9. The molecule has 0 fully saturated rings. The number of carbonyl (C=O) groups is 1. The van der Waals surface area contributed by atoms with Gasteiger partial charge in [0.2, 0.25) is 0 Å². The van der Waals surface area contributed by atoms with E-state index in [1.165, 1.54) is 13.2 Å². The molecule has 0 atom stereocenters. The van der Waals surface area contributed by atoms with Crippen molar-refractivity contribution in [3.63, 3.8) is 0 Å². The number of aromatic nitrogens is 1. The van der Waals surface area contributed by atoms with Gasteiger partial charge in [-0.05, 0) is 30.2 Å². The van der Waals surface area contributed by atoms with Crippen LogP contribution in [0.1, 0.15) is 29.3 Å². The quantitative estimate of drug-likeness (QED) is 0.802. The Labute approximate surface area is 117 Å². The predicted molar refractivity (Wildman–Crippen MR) is 74.7 cm³/mol. The maximum atomic E-state index is 14.0. The van der Waals surface area contributed by atoms with Gasteiger partial charge in [-0.2, -0.15) is 0 Å². The van der Waals surface area contributed by atoms with Gasteiger partial charge in [0.25, 0.3) is 0 Å². The number of fused-ring (bicyclic) bond motifs is 3. The molecule has 4 heteroatoms. The van der Waals surface area contributed by atoms with Gasteiger partial charge in [0.1, 0.15) is 0 Å². The Morgan fingerprint density at radius 1 is 1.45 bits per heavy atom. The molecule has 104 valence electrons. The third kappa shape index (κ3) is 1.83. The van der Waals surface area contributed by atoms with Crippen LogP contribution in [-0.2, 0) is 13.0 Å². The third-order valence-corrected chi connectivity index (χ3v) is 3.84. The fourth-order valence-corrected chi connectivity index (χ4v) is 2.79. The number of aryl methyl sites for hydroxylation is 2. The van der Waals surface area contributed by atoms with Gasteiger partial charge in [0.15, 0.2) is 17.3 Å². The van der Waals surface area contributed by atoms with E-state index >= 15 is 0 Å². The van der Waals surface area contributed by atoms with Crippen LogP contribution < -0.4 is 4.74 Å². The summed E-state index contributed by atoms with van der Waals surface area (Å²) in [5.41, 5.74) is 3.34.